The van der Waals surface area contributed by atoms with Gasteiger partial charge in [0.1, 0.15) is 41.2 Å². The molecular formula is C27H29F3N4O4. The molecule has 4 rings (SSSR count). The molecule has 5 N–H and O–H groups in total. The van der Waals surface area contributed by atoms with E-state index in [4.69, 9.17) is 15.6 Å². The number of amides is 1. The Morgan fingerprint density at radius 2 is 1.89 bits per heavy atom. The minimum Gasteiger partial charge on any atom is -0.491 e. The van der Waals surface area contributed by atoms with E-state index in [1.54, 1.807) is 19.2 Å². The fourth-order valence-electron chi connectivity index (χ4n) is 4.74. The number of hydrogen-bond donors (Lipinski definition) is 4. The van der Waals surface area contributed by atoms with Crippen LogP contribution in [0.4, 0.5) is 18.9 Å². The van der Waals surface area contributed by atoms with Crippen molar-refractivity contribution in [3.63, 3.8) is 0 Å². The maximum Gasteiger partial charge on any atom is 0.274 e. The van der Waals surface area contributed by atoms with Crippen LogP contribution in [0.3, 0.4) is 0 Å². The Kier molecular flexibility index (Phi) is 8.00. The molecule has 0 spiro atoms. The topological polar surface area (TPSA) is 131 Å². The number of aliphatic hydroxyl groups is 2. The number of nitrogens with one attached hydrogen (secondary N) is 1. The maximum atomic E-state index is 14.7. The summed E-state index contributed by atoms with van der Waals surface area (Å²) in [5, 5.41) is 22.2. The van der Waals surface area contributed by atoms with Gasteiger partial charge in [0.25, 0.3) is 5.91 Å². The van der Waals surface area contributed by atoms with Crippen LogP contribution in [0.5, 0.6) is 5.75 Å². The molecule has 0 bridgehead atoms. The van der Waals surface area contributed by atoms with Gasteiger partial charge in [-0.15, -0.1) is 0 Å². The van der Waals surface area contributed by atoms with Crippen molar-refractivity contribution in [1.29, 1.82) is 0 Å². The number of aliphatic hydroxyl groups excluding tert-OH is 1. The van der Waals surface area contributed by atoms with Gasteiger partial charge in [-0.25, -0.2) is 18.2 Å². The molecule has 8 nitrogen and oxygen atoms in total. The zero-order chi connectivity index (χ0) is 27.6. The van der Waals surface area contributed by atoms with Crippen LogP contribution >= 0.6 is 0 Å². The molecule has 3 aromatic rings. The summed E-state index contributed by atoms with van der Waals surface area (Å²) >= 11 is 0. The molecule has 1 saturated carbocycles. The molecule has 2 heterocycles. The summed E-state index contributed by atoms with van der Waals surface area (Å²) in [7, 11) is 0. The highest BCUT2D eigenvalue weighted by Gasteiger charge is 2.42. The number of carbonyl (C=O) groups is 1. The Balaban J connectivity index is 1.61. The quantitative estimate of drug-likeness (QED) is 0.366. The average Bonchev–Trinajstić information content (AvgIpc) is 2.87. The van der Waals surface area contributed by atoms with Crippen molar-refractivity contribution in [3.8, 4) is 17.0 Å². The number of anilines is 1. The first-order valence-corrected chi connectivity index (χ1v) is 12.2. The molecule has 1 amide bonds. The van der Waals surface area contributed by atoms with Gasteiger partial charge in [-0.1, -0.05) is 6.92 Å². The van der Waals surface area contributed by atoms with Gasteiger partial charge in [0.05, 0.1) is 29.7 Å². The largest absolute Gasteiger partial charge is 0.491 e. The number of aromatic nitrogens is 2. The third kappa shape index (κ3) is 5.50. The van der Waals surface area contributed by atoms with E-state index in [-0.39, 0.29) is 36.5 Å². The highest BCUT2D eigenvalue weighted by molar-refractivity contribution is 6.03. The highest BCUT2D eigenvalue weighted by atomic mass is 19.1. The Bertz CT molecular complexity index is 1300. The molecule has 0 saturated heterocycles. The Morgan fingerprint density at radius 1 is 1.18 bits per heavy atom. The summed E-state index contributed by atoms with van der Waals surface area (Å²) in [5.41, 5.74) is 4.67. The van der Waals surface area contributed by atoms with E-state index in [9.17, 15) is 23.1 Å². The minimum absolute atomic E-state index is 0.0648. The fourth-order valence-corrected chi connectivity index (χ4v) is 4.74. The summed E-state index contributed by atoms with van der Waals surface area (Å²) in [6.45, 7) is 3.10. The van der Waals surface area contributed by atoms with E-state index in [2.05, 4.69) is 15.3 Å². The Labute approximate surface area is 217 Å². The van der Waals surface area contributed by atoms with E-state index in [0.29, 0.717) is 18.5 Å². The lowest BCUT2D eigenvalue weighted by atomic mass is 9.68. The van der Waals surface area contributed by atoms with Gasteiger partial charge in [-0.2, -0.15) is 0 Å². The molecule has 38 heavy (non-hydrogen) atoms. The number of benzene rings is 1. The Hall–Kier alpha value is -3.54. The van der Waals surface area contributed by atoms with Crippen molar-refractivity contribution in [2.24, 2.45) is 11.7 Å². The van der Waals surface area contributed by atoms with Gasteiger partial charge in [0, 0.05) is 24.4 Å². The number of rotatable bonds is 7. The molecule has 0 aliphatic heterocycles. The summed E-state index contributed by atoms with van der Waals surface area (Å²) in [6.07, 6.45) is 4.16. The minimum atomic E-state index is -1.14. The molecule has 11 heteroatoms. The van der Waals surface area contributed by atoms with Gasteiger partial charge in [0.2, 0.25) is 0 Å². The van der Waals surface area contributed by atoms with Crippen molar-refractivity contribution in [2.75, 3.05) is 18.5 Å². The first-order chi connectivity index (χ1) is 18.0. The zero-order valence-electron chi connectivity index (χ0n) is 20.9. The molecule has 4 atom stereocenters. The molecule has 0 unspecified atom stereocenters. The number of pyridine rings is 2. The van der Waals surface area contributed by atoms with E-state index in [1.807, 2.05) is 6.92 Å². The van der Waals surface area contributed by atoms with Crippen LogP contribution in [0.2, 0.25) is 0 Å². The molecule has 0 radical (unpaired) electrons. The zero-order valence-corrected chi connectivity index (χ0v) is 20.9. The van der Waals surface area contributed by atoms with Crippen molar-refractivity contribution in [1.82, 2.24) is 9.97 Å². The van der Waals surface area contributed by atoms with E-state index in [0.717, 1.165) is 29.8 Å². The molecular weight excluding hydrogens is 501 g/mol. The van der Waals surface area contributed by atoms with Crippen LogP contribution in [0.1, 0.15) is 48.7 Å². The van der Waals surface area contributed by atoms with E-state index in [1.165, 1.54) is 6.20 Å². The van der Waals surface area contributed by atoms with Crippen LogP contribution in [-0.2, 0) is 0 Å². The second kappa shape index (κ2) is 11.1. The van der Waals surface area contributed by atoms with E-state index < -0.39 is 46.3 Å². The molecule has 202 valence electrons. The molecule has 1 fully saturated rings. The molecule has 1 aromatic carbocycles. The lowest BCUT2D eigenvalue weighted by Gasteiger charge is -2.44. The number of ether oxygens (including phenoxy) is 1. The summed E-state index contributed by atoms with van der Waals surface area (Å²) in [4.78, 5) is 21.1. The lowest BCUT2D eigenvalue weighted by molar-refractivity contribution is -0.0463. The van der Waals surface area contributed by atoms with E-state index >= 15 is 0 Å². The smallest absolute Gasteiger partial charge is 0.274 e. The molecule has 1 aliphatic carbocycles. The number of nitrogens with zero attached hydrogens (tertiary/aromatic N) is 2. The second-order valence-electron chi connectivity index (χ2n) is 9.68. The SMILES string of the molecule is C[C@H]1C[C@@H](c2ccncc2NC(=O)c2ccc(F)c(-c3c(F)cc(OCCO)cc3F)n2)C[C@@H](N)[C@]1(C)O. The highest BCUT2D eigenvalue weighted by Crippen LogP contribution is 2.43. The normalized spacial score (nSPS) is 23.2. The van der Waals surface area contributed by atoms with Crippen LogP contribution in [0.25, 0.3) is 11.3 Å². The molecule has 2 aromatic heterocycles. The monoisotopic (exact) mass is 530 g/mol. The lowest BCUT2D eigenvalue weighted by Crippen LogP contribution is -2.54. The summed E-state index contributed by atoms with van der Waals surface area (Å²) in [6, 6.07) is 4.98. The standard InChI is InChI=1S/C27H29F3N4O4/c1-14-9-15(10-23(31)27(14,2)37)17-5-6-32-13-22(17)34-26(36)21-4-3-18(28)25(33-21)24-19(29)11-16(12-20(24)30)38-8-7-35/h3-6,11-15,23,35,37H,7-10,31H2,1-2H3,(H,34,36)/t14-,15+,23+,27+/m0/s1. The van der Waals surface area contributed by atoms with Gasteiger partial charge in [0.15, 0.2) is 0 Å². The van der Waals surface area contributed by atoms with Crippen molar-refractivity contribution in [2.45, 2.75) is 44.2 Å². The number of nitrogens with two attached hydrogens (primary N) is 1. The average molecular weight is 531 g/mol. The van der Waals surface area contributed by atoms with Crippen LogP contribution in [0, 0.1) is 23.4 Å². The summed E-state index contributed by atoms with van der Waals surface area (Å²) < 4.78 is 49.1. The van der Waals surface area contributed by atoms with Gasteiger partial charge in [-0.3, -0.25) is 9.78 Å². The van der Waals surface area contributed by atoms with Gasteiger partial charge < -0.3 is 26.0 Å². The predicted molar refractivity (Wildman–Crippen MR) is 134 cm³/mol. The van der Waals surface area contributed by atoms with Crippen molar-refractivity contribution >= 4 is 11.6 Å². The fraction of sp³-hybridized carbons (Fsp3) is 0.370. The maximum absolute atomic E-state index is 14.7. The predicted octanol–water partition coefficient (Wildman–Crippen LogP) is 3.78. The first-order valence-electron chi connectivity index (χ1n) is 12.2. The third-order valence-corrected chi connectivity index (χ3v) is 7.16. The molecule has 1 aliphatic rings. The number of hydrogen-bond acceptors (Lipinski definition) is 7. The van der Waals surface area contributed by atoms with Gasteiger partial charge in [-0.05, 0) is 55.4 Å². The third-order valence-electron chi connectivity index (χ3n) is 7.16. The van der Waals surface area contributed by atoms with Gasteiger partial charge >= 0.3 is 0 Å². The van der Waals surface area contributed by atoms with Crippen LogP contribution in [-0.4, -0.2) is 50.9 Å². The van der Waals surface area contributed by atoms with Crippen LogP contribution in [0.15, 0.2) is 42.7 Å². The summed E-state index contributed by atoms with van der Waals surface area (Å²) in [5.74, 6) is -4.39. The second-order valence-corrected chi connectivity index (χ2v) is 9.68. The number of halogens is 3. The van der Waals surface area contributed by atoms with Crippen molar-refractivity contribution in [3.05, 3.63) is 71.4 Å². The first kappa shape index (κ1) is 27.5. The van der Waals surface area contributed by atoms with Crippen molar-refractivity contribution < 1.29 is 32.9 Å². The van der Waals surface area contributed by atoms with Crippen LogP contribution < -0.4 is 15.8 Å². The Morgan fingerprint density at radius 3 is 2.55 bits per heavy atom. The number of carbonyl (C=O) groups excluding carboxylic acids is 1.